The van der Waals surface area contributed by atoms with Gasteiger partial charge in [0.05, 0.1) is 5.56 Å². The van der Waals surface area contributed by atoms with Crippen LogP contribution >= 0.6 is 0 Å². The van der Waals surface area contributed by atoms with E-state index in [-0.39, 0.29) is 11.7 Å². The summed E-state index contributed by atoms with van der Waals surface area (Å²) in [6, 6.07) is 17.1. The third kappa shape index (κ3) is 3.71. The zero-order valence-electron chi connectivity index (χ0n) is 16.7. The summed E-state index contributed by atoms with van der Waals surface area (Å²) in [5.41, 5.74) is 2.25. The van der Waals surface area contributed by atoms with Crippen molar-refractivity contribution in [1.82, 2.24) is 24.7 Å². The Bertz CT molecular complexity index is 1180. The molecule has 0 aliphatic carbocycles. The first-order chi connectivity index (χ1) is 14.6. The van der Waals surface area contributed by atoms with Gasteiger partial charge in [-0.3, -0.25) is 4.79 Å². The number of nitrogens with zero attached hydrogens (tertiary/aromatic N) is 5. The number of hydrogen-bond acceptors (Lipinski definition) is 5. The number of fused-ring (bicyclic) bond motifs is 1. The Morgan fingerprint density at radius 2 is 1.73 bits per heavy atom. The highest BCUT2D eigenvalue weighted by Gasteiger charge is 2.14. The van der Waals surface area contributed by atoms with Crippen LogP contribution in [-0.4, -0.2) is 43.7 Å². The highest BCUT2D eigenvalue weighted by molar-refractivity contribution is 5.94. The standard InChI is InChI=1S/C22H21FN6O/c1-3-28(4-2)22(30)15-9-11-16(12-10-15)24-19-13-14-20-25-26-21(29(20)27-19)17-7-5-6-8-18(17)23/h5-14H,3-4H2,1-2H3,(H,24,27). The smallest absolute Gasteiger partial charge is 0.253 e. The number of carbonyl (C=O) groups is 1. The van der Waals surface area contributed by atoms with E-state index in [1.165, 1.54) is 10.6 Å². The lowest BCUT2D eigenvalue weighted by molar-refractivity contribution is 0.0773. The Kier molecular flexibility index (Phi) is 5.38. The van der Waals surface area contributed by atoms with E-state index >= 15 is 0 Å². The predicted octanol–water partition coefficient (Wildman–Crippen LogP) is 4.16. The Morgan fingerprint density at radius 3 is 2.43 bits per heavy atom. The van der Waals surface area contributed by atoms with Crippen LogP contribution in [0.5, 0.6) is 0 Å². The van der Waals surface area contributed by atoms with Crippen LogP contribution in [0.4, 0.5) is 15.9 Å². The molecule has 0 spiro atoms. The zero-order valence-corrected chi connectivity index (χ0v) is 16.7. The monoisotopic (exact) mass is 404 g/mol. The van der Waals surface area contributed by atoms with Crippen LogP contribution < -0.4 is 5.32 Å². The number of halogens is 1. The molecule has 0 saturated carbocycles. The maximum atomic E-state index is 14.2. The molecule has 7 nitrogen and oxygen atoms in total. The first-order valence-electron chi connectivity index (χ1n) is 9.74. The number of hydrogen-bond donors (Lipinski definition) is 1. The quantitative estimate of drug-likeness (QED) is 0.522. The number of rotatable bonds is 6. The van der Waals surface area contributed by atoms with Crippen molar-refractivity contribution in [2.75, 3.05) is 18.4 Å². The lowest BCUT2D eigenvalue weighted by atomic mass is 10.2. The van der Waals surface area contributed by atoms with Crippen LogP contribution in [0, 0.1) is 5.82 Å². The van der Waals surface area contributed by atoms with Crippen LogP contribution in [0.25, 0.3) is 17.0 Å². The van der Waals surface area contributed by atoms with Crippen molar-refractivity contribution in [3.63, 3.8) is 0 Å². The van der Waals surface area contributed by atoms with Crippen molar-refractivity contribution in [2.24, 2.45) is 0 Å². The molecular weight excluding hydrogens is 383 g/mol. The molecule has 0 fully saturated rings. The summed E-state index contributed by atoms with van der Waals surface area (Å²) < 4.78 is 15.7. The fourth-order valence-electron chi connectivity index (χ4n) is 3.20. The van der Waals surface area contributed by atoms with E-state index < -0.39 is 0 Å². The third-order valence-corrected chi connectivity index (χ3v) is 4.83. The van der Waals surface area contributed by atoms with Crippen LogP contribution in [0.3, 0.4) is 0 Å². The molecule has 0 atom stereocenters. The first kappa shape index (κ1) is 19.5. The van der Waals surface area contributed by atoms with Crippen LogP contribution in [0.15, 0.2) is 60.7 Å². The maximum absolute atomic E-state index is 14.2. The van der Waals surface area contributed by atoms with E-state index in [1.807, 2.05) is 26.0 Å². The minimum Gasteiger partial charge on any atom is -0.339 e. The molecule has 2 heterocycles. The summed E-state index contributed by atoms with van der Waals surface area (Å²) >= 11 is 0. The second-order valence-corrected chi connectivity index (χ2v) is 6.67. The maximum Gasteiger partial charge on any atom is 0.253 e. The Hall–Kier alpha value is -3.81. The van der Waals surface area contributed by atoms with E-state index in [9.17, 15) is 9.18 Å². The second kappa shape index (κ2) is 8.28. The lowest BCUT2D eigenvalue weighted by Crippen LogP contribution is -2.30. The number of amides is 1. The van der Waals surface area contributed by atoms with Crippen molar-refractivity contribution in [2.45, 2.75) is 13.8 Å². The van der Waals surface area contributed by atoms with Crippen LogP contribution in [0.1, 0.15) is 24.2 Å². The van der Waals surface area contributed by atoms with Gasteiger partial charge in [0.1, 0.15) is 5.82 Å². The third-order valence-electron chi connectivity index (χ3n) is 4.83. The fraction of sp³-hybridized carbons (Fsp3) is 0.182. The summed E-state index contributed by atoms with van der Waals surface area (Å²) in [4.78, 5) is 14.2. The molecule has 0 unspecified atom stereocenters. The molecule has 152 valence electrons. The highest BCUT2D eigenvalue weighted by atomic mass is 19.1. The summed E-state index contributed by atoms with van der Waals surface area (Å²) in [7, 11) is 0. The number of aromatic nitrogens is 4. The molecule has 2 aromatic heterocycles. The van der Waals surface area contributed by atoms with E-state index in [0.29, 0.717) is 41.5 Å². The molecule has 0 radical (unpaired) electrons. The van der Waals surface area contributed by atoms with Crippen molar-refractivity contribution in [3.8, 4) is 11.4 Å². The van der Waals surface area contributed by atoms with E-state index in [1.54, 1.807) is 47.4 Å². The number of anilines is 2. The van der Waals surface area contributed by atoms with Crippen LogP contribution in [0.2, 0.25) is 0 Å². The SMILES string of the molecule is CCN(CC)C(=O)c1ccc(Nc2ccc3nnc(-c4ccccc4F)n3n2)cc1. The fourth-order valence-corrected chi connectivity index (χ4v) is 3.20. The zero-order chi connectivity index (χ0) is 21.1. The molecule has 4 rings (SSSR count). The minimum absolute atomic E-state index is 0.00474. The molecule has 4 aromatic rings. The predicted molar refractivity (Wildman–Crippen MR) is 113 cm³/mol. The van der Waals surface area contributed by atoms with Gasteiger partial charge in [0.25, 0.3) is 5.91 Å². The van der Waals surface area contributed by atoms with Gasteiger partial charge < -0.3 is 10.2 Å². The molecular formula is C22H21FN6O. The highest BCUT2D eigenvalue weighted by Crippen LogP contribution is 2.22. The molecule has 1 amide bonds. The Balaban J connectivity index is 1.59. The summed E-state index contributed by atoms with van der Waals surface area (Å²) in [5, 5.41) is 15.8. The lowest BCUT2D eigenvalue weighted by Gasteiger charge is -2.18. The summed E-state index contributed by atoms with van der Waals surface area (Å²) in [6.07, 6.45) is 0. The number of nitrogens with one attached hydrogen (secondary N) is 1. The largest absolute Gasteiger partial charge is 0.339 e. The minimum atomic E-state index is -0.388. The number of benzene rings is 2. The van der Waals surface area contributed by atoms with Gasteiger partial charge in [0.2, 0.25) is 0 Å². The molecule has 8 heteroatoms. The van der Waals surface area contributed by atoms with Gasteiger partial charge in [-0.25, -0.2) is 4.39 Å². The molecule has 2 aromatic carbocycles. The topological polar surface area (TPSA) is 75.4 Å². The first-order valence-corrected chi connectivity index (χ1v) is 9.74. The molecule has 1 N–H and O–H groups in total. The van der Waals surface area contributed by atoms with Gasteiger partial charge in [-0.2, -0.15) is 4.52 Å². The van der Waals surface area contributed by atoms with Crippen molar-refractivity contribution >= 4 is 23.1 Å². The van der Waals surface area contributed by atoms with Crippen molar-refractivity contribution in [3.05, 3.63) is 72.0 Å². The molecule has 0 aliphatic heterocycles. The molecule has 0 saturated heterocycles. The van der Waals surface area contributed by atoms with Gasteiger partial charge in [-0.1, -0.05) is 12.1 Å². The van der Waals surface area contributed by atoms with Gasteiger partial charge >= 0.3 is 0 Å². The van der Waals surface area contributed by atoms with E-state index in [2.05, 4.69) is 20.6 Å². The molecule has 0 aliphatic rings. The van der Waals surface area contributed by atoms with Gasteiger partial charge in [0, 0.05) is 24.3 Å². The summed E-state index contributed by atoms with van der Waals surface area (Å²) in [6.45, 7) is 5.25. The van der Waals surface area contributed by atoms with Crippen molar-refractivity contribution < 1.29 is 9.18 Å². The second-order valence-electron chi connectivity index (χ2n) is 6.67. The van der Waals surface area contributed by atoms with Crippen LogP contribution in [-0.2, 0) is 0 Å². The van der Waals surface area contributed by atoms with E-state index in [0.717, 1.165) is 5.69 Å². The summed E-state index contributed by atoms with van der Waals surface area (Å²) in [5.74, 6) is 0.486. The Morgan fingerprint density at radius 1 is 1.00 bits per heavy atom. The average Bonchev–Trinajstić information content (AvgIpc) is 3.18. The average molecular weight is 404 g/mol. The van der Waals surface area contributed by atoms with Crippen molar-refractivity contribution in [1.29, 1.82) is 0 Å². The van der Waals surface area contributed by atoms with Gasteiger partial charge in [-0.05, 0) is 62.4 Å². The van der Waals surface area contributed by atoms with E-state index in [4.69, 9.17) is 0 Å². The Labute approximate surface area is 173 Å². The number of carbonyl (C=O) groups excluding carboxylic acids is 1. The molecule has 0 bridgehead atoms. The normalized spacial score (nSPS) is 10.9. The van der Waals surface area contributed by atoms with Gasteiger partial charge in [0.15, 0.2) is 17.3 Å². The van der Waals surface area contributed by atoms with Gasteiger partial charge in [-0.15, -0.1) is 15.3 Å². The molecule has 30 heavy (non-hydrogen) atoms.